The van der Waals surface area contributed by atoms with E-state index in [9.17, 15) is 0 Å². The molecule has 1 atom stereocenters. The highest BCUT2D eigenvalue weighted by molar-refractivity contribution is 5.64. The van der Waals surface area contributed by atoms with Gasteiger partial charge in [0.1, 0.15) is 0 Å². The van der Waals surface area contributed by atoms with Gasteiger partial charge in [-0.25, -0.2) is 0 Å². The van der Waals surface area contributed by atoms with Gasteiger partial charge in [0.25, 0.3) is 0 Å². The first-order valence-electron chi connectivity index (χ1n) is 6.26. The molecule has 1 aromatic carbocycles. The molecule has 1 aliphatic heterocycles. The topological polar surface area (TPSA) is 21.3 Å². The summed E-state index contributed by atoms with van der Waals surface area (Å²) in [5, 5.41) is 3.57. The molecule has 0 bridgehead atoms. The van der Waals surface area contributed by atoms with Crippen molar-refractivity contribution >= 4 is 5.57 Å². The summed E-state index contributed by atoms with van der Waals surface area (Å²) in [5.74, 6) is 0. The molecule has 1 aliphatic rings. The SMILES string of the molecule is C=C(CNC1(C)CCCOC1)c1ccccc1. The fourth-order valence-corrected chi connectivity index (χ4v) is 2.17. The lowest BCUT2D eigenvalue weighted by Gasteiger charge is -2.34. The minimum absolute atomic E-state index is 0.107. The minimum Gasteiger partial charge on any atom is -0.380 e. The van der Waals surface area contributed by atoms with Crippen LogP contribution in [0.4, 0.5) is 0 Å². The van der Waals surface area contributed by atoms with Crippen molar-refractivity contribution in [3.8, 4) is 0 Å². The molecular weight excluding hydrogens is 210 g/mol. The Kier molecular flexibility index (Phi) is 3.97. The molecule has 2 rings (SSSR count). The summed E-state index contributed by atoms with van der Waals surface area (Å²) in [6, 6.07) is 10.3. The summed E-state index contributed by atoms with van der Waals surface area (Å²) in [6.45, 7) is 8.89. The van der Waals surface area contributed by atoms with Crippen LogP contribution in [0.3, 0.4) is 0 Å². The Bertz CT molecular complexity index is 366. The first-order chi connectivity index (χ1) is 8.20. The molecule has 2 nitrogen and oxygen atoms in total. The first-order valence-corrected chi connectivity index (χ1v) is 6.26. The highest BCUT2D eigenvalue weighted by Gasteiger charge is 2.26. The Balaban J connectivity index is 1.87. The normalized spacial score (nSPS) is 24.5. The third-order valence-corrected chi connectivity index (χ3v) is 3.35. The number of hydrogen-bond acceptors (Lipinski definition) is 2. The van der Waals surface area contributed by atoms with Crippen molar-refractivity contribution in [3.63, 3.8) is 0 Å². The van der Waals surface area contributed by atoms with E-state index in [1.54, 1.807) is 0 Å². The second-order valence-corrected chi connectivity index (χ2v) is 5.04. The number of hydrogen-bond donors (Lipinski definition) is 1. The molecule has 0 radical (unpaired) electrons. The van der Waals surface area contributed by atoms with Crippen LogP contribution in [-0.2, 0) is 4.74 Å². The summed E-state index contributed by atoms with van der Waals surface area (Å²) in [5.41, 5.74) is 2.45. The van der Waals surface area contributed by atoms with Gasteiger partial charge in [0.2, 0.25) is 0 Å². The lowest BCUT2D eigenvalue weighted by Crippen LogP contribution is -2.49. The van der Waals surface area contributed by atoms with Crippen molar-refractivity contribution < 1.29 is 4.74 Å². The van der Waals surface area contributed by atoms with Crippen LogP contribution >= 0.6 is 0 Å². The Morgan fingerprint density at radius 3 is 2.82 bits per heavy atom. The van der Waals surface area contributed by atoms with Gasteiger partial charge in [0.15, 0.2) is 0 Å². The molecule has 0 saturated carbocycles. The van der Waals surface area contributed by atoms with E-state index in [1.165, 1.54) is 12.0 Å². The molecule has 1 unspecified atom stereocenters. The lowest BCUT2D eigenvalue weighted by atomic mass is 9.94. The second-order valence-electron chi connectivity index (χ2n) is 5.04. The molecule has 1 fully saturated rings. The standard InChI is InChI=1S/C15H21NO/c1-13(14-7-4-3-5-8-14)11-16-15(2)9-6-10-17-12-15/h3-5,7-8,16H,1,6,9-12H2,2H3. The molecule has 1 aromatic rings. The number of nitrogens with one attached hydrogen (secondary N) is 1. The fraction of sp³-hybridized carbons (Fsp3) is 0.467. The van der Waals surface area contributed by atoms with Crippen molar-refractivity contribution in [3.05, 3.63) is 42.5 Å². The van der Waals surface area contributed by atoms with Gasteiger partial charge in [-0.05, 0) is 30.9 Å². The zero-order valence-electron chi connectivity index (χ0n) is 10.5. The molecule has 2 heteroatoms. The Morgan fingerprint density at radius 2 is 2.18 bits per heavy atom. The zero-order valence-corrected chi connectivity index (χ0v) is 10.5. The van der Waals surface area contributed by atoms with E-state index in [0.717, 1.165) is 31.8 Å². The highest BCUT2D eigenvalue weighted by atomic mass is 16.5. The Labute approximate surface area is 104 Å². The van der Waals surface area contributed by atoms with E-state index >= 15 is 0 Å². The van der Waals surface area contributed by atoms with Gasteiger partial charge in [-0.2, -0.15) is 0 Å². The minimum atomic E-state index is 0.107. The summed E-state index contributed by atoms with van der Waals surface area (Å²) >= 11 is 0. The predicted molar refractivity (Wildman–Crippen MR) is 71.9 cm³/mol. The molecule has 92 valence electrons. The molecule has 1 N–H and O–H groups in total. The van der Waals surface area contributed by atoms with Crippen LogP contribution in [-0.4, -0.2) is 25.3 Å². The van der Waals surface area contributed by atoms with Gasteiger partial charge >= 0.3 is 0 Å². The predicted octanol–water partition coefficient (Wildman–Crippen LogP) is 2.86. The van der Waals surface area contributed by atoms with Crippen LogP contribution in [0.15, 0.2) is 36.9 Å². The van der Waals surface area contributed by atoms with Crippen LogP contribution in [0.2, 0.25) is 0 Å². The van der Waals surface area contributed by atoms with Gasteiger partial charge in [-0.15, -0.1) is 0 Å². The van der Waals surface area contributed by atoms with Gasteiger partial charge in [-0.3, -0.25) is 0 Å². The van der Waals surface area contributed by atoms with Gasteiger partial charge in [0.05, 0.1) is 6.61 Å². The molecule has 0 amide bonds. The van der Waals surface area contributed by atoms with Crippen LogP contribution in [0.1, 0.15) is 25.3 Å². The largest absolute Gasteiger partial charge is 0.380 e. The molecular formula is C15H21NO. The van der Waals surface area contributed by atoms with E-state index in [1.807, 2.05) is 18.2 Å². The smallest absolute Gasteiger partial charge is 0.0645 e. The average molecular weight is 231 g/mol. The molecule has 17 heavy (non-hydrogen) atoms. The van der Waals surface area contributed by atoms with Crippen LogP contribution < -0.4 is 5.32 Å². The third kappa shape index (κ3) is 3.42. The van der Waals surface area contributed by atoms with Gasteiger partial charge in [0, 0.05) is 18.7 Å². The molecule has 0 aliphatic carbocycles. The summed E-state index contributed by atoms with van der Waals surface area (Å²) < 4.78 is 5.53. The van der Waals surface area contributed by atoms with Crippen LogP contribution in [0.5, 0.6) is 0 Å². The lowest BCUT2D eigenvalue weighted by molar-refractivity contribution is 0.0305. The van der Waals surface area contributed by atoms with Crippen molar-refractivity contribution in [2.24, 2.45) is 0 Å². The molecule has 1 saturated heterocycles. The Hall–Kier alpha value is -1.12. The van der Waals surface area contributed by atoms with E-state index < -0.39 is 0 Å². The second kappa shape index (κ2) is 5.48. The monoisotopic (exact) mass is 231 g/mol. The summed E-state index contributed by atoms with van der Waals surface area (Å²) in [6.07, 6.45) is 2.32. The maximum Gasteiger partial charge on any atom is 0.0645 e. The van der Waals surface area contributed by atoms with Crippen LogP contribution in [0.25, 0.3) is 5.57 Å². The summed E-state index contributed by atoms with van der Waals surface area (Å²) in [4.78, 5) is 0. The molecule has 0 spiro atoms. The van der Waals surface area contributed by atoms with Gasteiger partial charge in [-0.1, -0.05) is 36.9 Å². The van der Waals surface area contributed by atoms with Crippen LogP contribution in [0, 0.1) is 0 Å². The van der Waals surface area contributed by atoms with Gasteiger partial charge < -0.3 is 10.1 Å². The quantitative estimate of drug-likeness (QED) is 0.860. The maximum atomic E-state index is 5.53. The van der Waals surface area contributed by atoms with Crippen molar-refractivity contribution in [1.29, 1.82) is 0 Å². The number of rotatable bonds is 4. The third-order valence-electron chi connectivity index (χ3n) is 3.35. The molecule has 1 heterocycles. The highest BCUT2D eigenvalue weighted by Crippen LogP contribution is 2.19. The fourth-order valence-electron chi connectivity index (χ4n) is 2.17. The summed E-state index contributed by atoms with van der Waals surface area (Å²) in [7, 11) is 0. The van der Waals surface area contributed by atoms with Crippen molar-refractivity contribution in [1.82, 2.24) is 5.32 Å². The van der Waals surface area contributed by atoms with E-state index in [0.29, 0.717) is 0 Å². The first kappa shape index (κ1) is 12.3. The number of benzene rings is 1. The zero-order chi connectivity index (χ0) is 12.1. The van der Waals surface area contributed by atoms with E-state index in [4.69, 9.17) is 4.74 Å². The van der Waals surface area contributed by atoms with E-state index in [-0.39, 0.29) is 5.54 Å². The Morgan fingerprint density at radius 1 is 1.41 bits per heavy atom. The van der Waals surface area contributed by atoms with Crippen molar-refractivity contribution in [2.45, 2.75) is 25.3 Å². The number of ether oxygens (including phenoxy) is 1. The van der Waals surface area contributed by atoms with Crippen molar-refractivity contribution in [2.75, 3.05) is 19.8 Å². The van der Waals surface area contributed by atoms with E-state index in [2.05, 4.69) is 31.0 Å². The average Bonchev–Trinajstić information content (AvgIpc) is 2.38. The maximum absolute atomic E-state index is 5.53. The molecule has 0 aromatic heterocycles.